The third kappa shape index (κ3) is 3.60. The standard InChI is InChI=1S/C14H22FN/c1-4-8-12(5-2)16-11(3)13-9-6-7-10-14(13)15/h6-7,9-12,16H,4-5,8H2,1-3H3. The van der Waals surface area contributed by atoms with Crippen molar-refractivity contribution in [2.24, 2.45) is 0 Å². The minimum atomic E-state index is -0.117. The minimum absolute atomic E-state index is 0.0812. The first kappa shape index (κ1) is 13.2. The van der Waals surface area contributed by atoms with Crippen molar-refractivity contribution in [1.82, 2.24) is 5.32 Å². The fourth-order valence-corrected chi connectivity index (χ4v) is 2.02. The van der Waals surface area contributed by atoms with Crippen LogP contribution in [0.15, 0.2) is 24.3 Å². The van der Waals surface area contributed by atoms with Crippen molar-refractivity contribution in [2.45, 2.75) is 52.1 Å². The summed E-state index contributed by atoms with van der Waals surface area (Å²) in [5.41, 5.74) is 0.761. The highest BCUT2D eigenvalue weighted by molar-refractivity contribution is 5.20. The van der Waals surface area contributed by atoms with Gasteiger partial charge in [0.25, 0.3) is 0 Å². The molecular formula is C14H22FN. The Balaban J connectivity index is 2.64. The van der Waals surface area contributed by atoms with E-state index in [0.29, 0.717) is 6.04 Å². The zero-order valence-electron chi connectivity index (χ0n) is 10.5. The third-order valence-electron chi connectivity index (χ3n) is 2.99. The fourth-order valence-electron chi connectivity index (χ4n) is 2.02. The van der Waals surface area contributed by atoms with Crippen LogP contribution in [0.25, 0.3) is 0 Å². The molecule has 1 aromatic carbocycles. The molecule has 0 spiro atoms. The van der Waals surface area contributed by atoms with Gasteiger partial charge < -0.3 is 5.32 Å². The highest BCUT2D eigenvalue weighted by Crippen LogP contribution is 2.18. The Labute approximate surface area is 98.1 Å². The summed E-state index contributed by atoms with van der Waals surface area (Å²) in [6.07, 6.45) is 3.40. The molecule has 16 heavy (non-hydrogen) atoms. The van der Waals surface area contributed by atoms with Crippen LogP contribution in [0.5, 0.6) is 0 Å². The largest absolute Gasteiger partial charge is 0.307 e. The summed E-state index contributed by atoms with van der Waals surface area (Å²) in [5, 5.41) is 3.48. The second kappa shape index (κ2) is 6.64. The molecule has 0 aliphatic carbocycles. The first-order valence-corrected chi connectivity index (χ1v) is 6.19. The normalized spacial score (nSPS) is 14.8. The molecule has 2 atom stereocenters. The number of halogens is 1. The van der Waals surface area contributed by atoms with Crippen LogP contribution in [0.2, 0.25) is 0 Å². The van der Waals surface area contributed by atoms with Gasteiger partial charge in [0.1, 0.15) is 5.82 Å². The number of nitrogens with one attached hydrogen (secondary N) is 1. The average molecular weight is 223 g/mol. The monoisotopic (exact) mass is 223 g/mol. The molecule has 1 N–H and O–H groups in total. The van der Waals surface area contributed by atoms with E-state index in [1.807, 2.05) is 19.1 Å². The summed E-state index contributed by atoms with van der Waals surface area (Å²) in [7, 11) is 0. The zero-order valence-corrected chi connectivity index (χ0v) is 10.5. The molecule has 0 saturated heterocycles. The number of hydrogen-bond acceptors (Lipinski definition) is 1. The Morgan fingerprint density at radius 3 is 2.50 bits per heavy atom. The van der Waals surface area contributed by atoms with E-state index in [4.69, 9.17) is 0 Å². The van der Waals surface area contributed by atoms with Gasteiger partial charge in [0.2, 0.25) is 0 Å². The van der Waals surface area contributed by atoms with E-state index in [1.54, 1.807) is 6.07 Å². The molecule has 2 unspecified atom stereocenters. The highest BCUT2D eigenvalue weighted by Gasteiger charge is 2.13. The highest BCUT2D eigenvalue weighted by atomic mass is 19.1. The molecule has 0 bridgehead atoms. The molecule has 1 aromatic rings. The summed E-state index contributed by atoms with van der Waals surface area (Å²) < 4.78 is 13.5. The first-order chi connectivity index (χ1) is 7.69. The van der Waals surface area contributed by atoms with E-state index < -0.39 is 0 Å². The maximum Gasteiger partial charge on any atom is 0.127 e. The molecule has 90 valence electrons. The van der Waals surface area contributed by atoms with E-state index in [0.717, 1.165) is 24.8 Å². The van der Waals surface area contributed by atoms with Crippen LogP contribution in [0.4, 0.5) is 4.39 Å². The molecule has 0 saturated carbocycles. The lowest BCUT2D eigenvalue weighted by atomic mass is 10.0. The molecule has 0 radical (unpaired) electrons. The van der Waals surface area contributed by atoms with Gasteiger partial charge in [-0.05, 0) is 25.8 Å². The van der Waals surface area contributed by atoms with Gasteiger partial charge in [-0.15, -0.1) is 0 Å². The summed E-state index contributed by atoms with van der Waals surface area (Å²) in [6.45, 7) is 6.37. The molecule has 2 heteroatoms. The van der Waals surface area contributed by atoms with E-state index in [2.05, 4.69) is 19.2 Å². The Morgan fingerprint density at radius 2 is 1.94 bits per heavy atom. The molecule has 0 fully saturated rings. The second-order valence-corrected chi connectivity index (χ2v) is 4.30. The van der Waals surface area contributed by atoms with Crippen LogP contribution in [-0.4, -0.2) is 6.04 Å². The van der Waals surface area contributed by atoms with Crippen molar-refractivity contribution in [1.29, 1.82) is 0 Å². The number of hydrogen-bond donors (Lipinski definition) is 1. The third-order valence-corrected chi connectivity index (χ3v) is 2.99. The van der Waals surface area contributed by atoms with Crippen molar-refractivity contribution in [3.05, 3.63) is 35.6 Å². The van der Waals surface area contributed by atoms with Crippen LogP contribution in [-0.2, 0) is 0 Å². The van der Waals surface area contributed by atoms with Crippen LogP contribution in [0.1, 0.15) is 51.6 Å². The van der Waals surface area contributed by atoms with E-state index in [-0.39, 0.29) is 11.9 Å². The lowest BCUT2D eigenvalue weighted by Gasteiger charge is -2.22. The fraction of sp³-hybridized carbons (Fsp3) is 0.571. The van der Waals surface area contributed by atoms with Gasteiger partial charge in [0.15, 0.2) is 0 Å². The lowest BCUT2D eigenvalue weighted by Crippen LogP contribution is -2.31. The Hall–Kier alpha value is -0.890. The minimum Gasteiger partial charge on any atom is -0.307 e. The van der Waals surface area contributed by atoms with Crippen LogP contribution >= 0.6 is 0 Å². The zero-order chi connectivity index (χ0) is 12.0. The van der Waals surface area contributed by atoms with Crippen LogP contribution in [0, 0.1) is 5.82 Å². The van der Waals surface area contributed by atoms with E-state index in [9.17, 15) is 4.39 Å². The maximum absolute atomic E-state index is 13.5. The van der Waals surface area contributed by atoms with Crippen molar-refractivity contribution in [3.8, 4) is 0 Å². The van der Waals surface area contributed by atoms with Gasteiger partial charge >= 0.3 is 0 Å². The maximum atomic E-state index is 13.5. The molecule has 0 heterocycles. The second-order valence-electron chi connectivity index (χ2n) is 4.30. The van der Waals surface area contributed by atoms with Crippen molar-refractivity contribution in [2.75, 3.05) is 0 Å². The Kier molecular flexibility index (Phi) is 5.47. The number of benzene rings is 1. The van der Waals surface area contributed by atoms with E-state index >= 15 is 0 Å². The topological polar surface area (TPSA) is 12.0 Å². The quantitative estimate of drug-likeness (QED) is 0.767. The Bertz CT molecular complexity index is 311. The van der Waals surface area contributed by atoms with Crippen molar-refractivity contribution < 1.29 is 4.39 Å². The molecule has 0 amide bonds. The van der Waals surface area contributed by atoms with Crippen LogP contribution in [0.3, 0.4) is 0 Å². The van der Waals surface area contributed by atoms with Crippen molar-refractivity contribution >= 4 is 0 Å². The molecule has 0 aliphatic heterocycles. The van der Waals surface area contributed by atoms with Crippen LogP contribution < -0.4 is 5.32 Å². The molecule has 0 aromatic heterocycles. The van der Waals surface area contributed by atoms with Gasteiger partial charge in [-0.3, -0.25) is 0 Å². The number of rotatable bonds is 6. The smallest absolute Gasteiger partial charge is 0.127 e. The molecule has 0 aliphatic rings. The van der Waals surface area contributed by atoms with Crippen molar-refractivity contribution in [3.63, 3.8) is 0 Å². The van der Waals surface area contributed by atoms with E-state index in [1.165, 1.54) is 6.07 Å². The SMILES string of the molecule is CCCC(CC)NC(C)c1ccccc1F. The van der Waals surface area contributed by atoms with Gasteiger partial charge in [0.05, 0.1) is 0 Å². The predicted molar refractivity (Wildman–Crippen MR) is 66.9 cm³/mol. The molecular weight excluding hydrogens is 201 g/mol. The summed E-state index contributed by atoms with van der Waals surface area (Å²) >= 11 is 0. The lowest BCUT2D eigenvalue weighted by molar-refractivity contribution is 0.408. The summed E-state index contributed by atoms with van der Waals surface area (Å²) in [6, 6.07) is 7.56. The predicted octanol–water partition coefficient (Wildman–Crippen LogP) is 4.06. The van der Waals surface area contributed by atoms with Gasteiger partial charge in [-0.25, -0.2) is 4.39 Å². The summed E-state index contributed by atoms with van der Waals surface area (Å²) in [4.78, 5) is 0. The van der Waals surface area contributed by atoms with Gasteiger partial charge in [0, 0.05) is 17.6 Å². The first-order valence-electron chi connectivity index (χ1n) is 6.19. The van der Waals surface area contributed by atoms with Gasteiger partial charge in [-0.1, -0.05) is 38.5 Å². The molecule has 1 rings (SSSR count). The van der Waals surface area contributed by atoms with Gasteiger partial charge in [-0.2, -0.15) is 0 Å². The summed E-state index contributed by atoms with van der Waals surface area (Å²) in [5.74, 6) is -0.117. The molecule has 1 nitrogen and oxygen atoms in total. The Morgan fingerprint density at radius 1 is 1.25 bits per heavy atom. The average Bonchev–Trinajstić information content (AvgIpc) is 2.28.